The highest BCUT2D eigenvalue weighted by Crippen LogP contribution is 2.25. The van der Waals surface area contributed by atoms with Gasteiger partial charge in [0.25, 0.3) is 0 Å². The molecule has 2 rings (SSSR count). The summed E-state index contributed by atoms with van der Waals surface area (Å²) in [5.41, 5.74) is 2.35. The van der Waals surface area contributed by atoms with Gasteiger partial charge in [0.2, 0.25) is 5.91 Å². The van der Waals surface area contributed by atoms with Crippen LogP contribution in [0.2, 0.25) is 0 Å². The topological polar surface area (TPSA) is 32.3 Å². The normalized spacial score (nSPS) is 18.9. The fraction of sp³-hybridized carbons (Fsp3) is 0.533. The summed E-state index contributed by atoms with van der Waals surface area (Å²) in [4.78, 5) is 14.2. The Bertz CT molecular complexity index is 405. The van der Waals surface area contributed by atoms with Crippen molar-refractivity contribution in [3.63, 3.8) is 0 Å². The highest BCUT2D eigenvalue weighted by Gasteiger charge is 2.28. The lowest BCUT2D eigenvalue weighted by Crippen LogP contribution is -2.41. The van der Waals surface area contributed by atoms with E-state index in [2.05, 4.69) is 25.2 Å². The van der Waals surface area contributed by atoms with E-state index in [1.54, 1.807) is 0 Å². The summed E-state index contributed by atoms with van der Waals surface area (Å²) in [6, 6.07) is 8.07. The van der Waals surface area contributed by atoms with Gasteiger partial charge in [-0.15, -0.1) is 0 Å². The van der Waals surface area contributed by atoms with Gasteiger partial charge >= 0.3 is 0 Å². The Kier molecular flexibility index (Phi) is 3.90. The first-order chi connectivity index (χ1) is 8.61. The number of nitrogens with zero attached hydrogens (tertiary/aromatic N) is 1. The van der Waals surface area contributed by atoms with Gasteiger partial charge in [-0.3, -0.25) is 4.79 Å². The number of rotatable bonds is 4. The quantitative estimate of drug-likeness (QED) is 0.885. The van der Waals surface area contributed by atoms with Crippen molar-refractivity contribution in [2.75, 3.05) is 18.9 Å². The number of anilines is 1. The van der Waals surface area contributed by atoms with Crippen molar-refractivity contribution in [1.82, 2.24) is 4.90 Å². The Morgan fingerprint density at radius 3 is 2.89 bits per heavy atom. The molecule has 3 nitrogen and oxygen atoms in total. The number of hydrogen-bond acceptors (Lipinski definition) is 2. The number of hydrogen-bond donors (Lipinski definition) is 1. The first kappa shape index (κ1) is 12.9. The summed E-state index contributed by atoms with van der Waals surface area (Å²) in [6.45, 7) is 5.18. The Hall–Kier alpha value is -1.51. The fourth-order valence-corrected chi connectivity index (χ4v) is 2.40. The van der Waals surface area contributed by atoms with Crippen molar-refractivity contribution < 1.29 is 4.79 Å². The molecule has 0 aromatic heterocycles. The summed E-state index contributed by atoms with van der Waals surface area (Å²) in [5, 5.41) is 3.32. The molecule has 0 bridgehead atoms. The monoisotopic (exact) mass is 246 g/mol. The molecular formula is C15H22N2O. The van der Waals surface area contributed by atoms with E-state index in [4.69, 9.17) is 0 Å². The van der Waals surface area contributed by atoms with Gasteiger partial charge in [0.05, 0.1) is 0 Å². The van der Waals surface area contributed by atoms with Crippen LogP contribution in [-0.2, 0) is 11.2 Å². The predicted octanol–water partition coefficient (Wildman–Crippen LogP) is 2.53. The van der Waals surface area contributed by atoms with Gasteiger partial charge in [-0.2, -0.15) is 0 Å². The predicted molar refractivity (Wildman–Crippen MR) is 74.6 cm³/mol. The zero-order valence-corrected chi connectivity index (χ0v) is 11.4. The number of amides is 1. The van der Waals surface area contributed by atoms with E-state index in [0.29, 0.717) is 5.92 Å². The highest BCUT2D eigenvalue weighted by molar-refractivity contribution is 5.87. The molecule has 98 valence electrons. The van der Waals surface area contributed by atoms with E-state index in [1.165, 1.54) is 5.56 Å². The number of fused-ring (bicyclic) bond motifs is 1. The molecule has 1 heterocycles. The Labute approximate surface area is 109 Å². The zero-order valence-electron chi connectivity index (χ0n) is 11.4. The van der Waals surface area contributed by atoms with Crippen LogP contribution >= 0.6 is 0 Å². The molecule has 1 aromatic carbocycles. The van der Waals surface area contributed by atoms with Crippen LogP contribution in [0, 0.1) is 5.92 Å². The standard InChI is InChI=1S/C15H22N2O/c1-4-11(2)10-17(3)15(18)14-9-12-7-5-6-8-13(12)16-14/h5-8,11,14,16H,4,9-10H2,1-3H3. The second-order valence-corrected chi connectivity index (χ2v) is 5.29. The van der Waals surface area contributed by atoms with Crippen LogP contribution in [0.1, 0.15) is 25.8 Å². The minimum Gasteiger partial charge on any atom is -0.373 e. The van der Waals surface area contributed by atoms with E-state index >= 15 is 0 Å². The van der Waals surface area contributed by atoms with Crippen LogP contribution in [0.25, 0.3) is 0 Å². The van der Waals surface area contributed by atoms with Crippen LogP contribution in [-0.4, -0.2) is 30.4 Å². The van der Waals surface area contributed by atoms with E-state index in [9.17, 15) is 4.79 Å². The second kappa shape index (κ2) is 5.42. The largest absolute Gasteiger partial charge is 0.373 e. The van der Waals surface area contributed by atoms with Gasteiger partial charge < -0.3 is 10.2 Å². The molecule has 1 aromatic rings. The van der Waals surface area contributed by atoms with Crippen LogP contribution < -0.4 is 5.32 Å². The molecule has 0 saturated carbocycles. The Morgan fingerprint density at radius 1 is 1.50 bits per heavy atom. The average Bonchev–Trinajstić information content (AvgIpc) is 2.81. The lowest BCUT2D eigenvalue weighted by Gasteiger charge is -2.24. The van der Waals surface area contributed by atoms with Crippen molar-refractivity contribution in [2.24, 2.45) is 5.92 Å². The zero-order chi connectivity index (χ0) is 13.1. The molecule has 18 heavy (non-hydrogen) atoms. The molecule has 3 heteroatoms. The number of nitrogens with one attached hydrogen (secondary N) is 1. The summed E-state index contributed by atoms with van der Waals surface area (Å²) in [7, 11) is 1.90. The fourth-order valence-electron chi connectivity index (χ4n) is 2.40. The average molecular weight is 246 g/mol. The molecule has 0 saturated heterocycles. The van der Waals surface area contributed by atoms with Gasteiger partial charge in [-0.05, 0) is 17.5 Å². The van der Waals surface area contributed by atoms with Crippen molar-refractivity contribution in [3.05, 3.63) is 29.8 Å². The maximum Gasteiger partial charge on any atom is 0.245 e. The maximum absolute atomic E-state index is 12.3. The van der Waals surface area contributed by atoms with Crippen LogP contribution in [0.5, 0.6) is 0 Å². The molecule has 0 radical (unpaired) electrons. The SMILES string of the molecule is CCC(C)CN(C)C(=O)C1Cc2ccccc2N1. The van der Waals surface area contributed by atoms with Crippen LogP contribution in [0.15, 0.2) is 24.3 Å². The lowest BCUT2D eigenvalue weighted by molar-refractivity contribution is -0.131. The highest BCUT2D eigenvalue weighted by atomic mass is 16.2. The number of carbonyl (C=O) groups excluding carboxylic acids is 1. The number of carbonyl (C=O) groups is 1. The lowest BCUT2D eigenvalue weighted by atomic mass is 10.1. The summed E-state index contributed by atoms with van der Waals surface area (Å²) >= 11 is 0. The van der Waals surface area contributed by atoms with Crippen molar-refractivity contribution in [1.29, 1.82) is 0 Å². The van der Waals surface area contributed by atoms with E-state index in [-0.39, 0.29) is 11.9 Å². The minimum atomic E-state index is -0.0866. The van der Waals surface area contributed by atoms with Crippen molar-refractivity contribution >= 4 is 11.6 Å². The maximum atomic E-state index is 12.3. The van der Waals surface area contributed by atoms with Gasteiger partial charge in [0.1, 0.15) is 6.04 Å². The molecule has 1 aliphatic rings. The number of para-hydroxylation sites is 1. The number of likely N-dealkylation sites (N-methyl/N-ethyl adjacent to an activating group) is 1. The third kappa shape index (κ3) is 2.66. The van der Waals surface area contributed by atoms with Gasteiger partial charge in [0, 0.05) is 25.7 Å². The van der Waals surface area contributed by atoms with E-state index in [0.717, 1.165) is 25.1 Å². The Balaban J connectivity index is 1.96. The summed E-state index contributed by atoms with van der Waals surface area (Å²) < 4.78 is 0. The number of benzene rings is 1. The van der Waals surface area contributed by atoms with E-state index < -0.39 is 0 Å². The van der Waals surface area contributed by atoms with Crippen molar-refractivity contribution in [2.45, 2.75) is 32.7 Å². The molecule has 1 N–H and O–H groups in total. The molecule has 1 aliphatic heterocycles. The third-order valence-corrected chi connectivity index (χ3v) is 3.73. The molecular weight excluding hydrogens is 224 g/mol. The van der Waals surface area contributed by atoms with Gasteiger partial charge in [-0.1, -0.05) is 38.5 Å². The molecule has 2 atom stereocenters. The molecule has 2 unspecified atom stereocenters. The Morgan fingerprint density at radius 2 is 2.22 bits per heavy atom. The van der Waals surface area contributed by atoms with Gasteiger partial charge in [0.15, 0.2) is 0 Å². The first-order valence-corrected chi connectivity index (χ1v) is 6.71. The van der Waals surface area contributed by atoms with Crippen molar-refractivity contribution in [3.8, 4) is 0 Å². The molecule has 0 aliphatic carbocycles. The van der Waals surface area contributed by atoms with Crippen LogP contribution in [0.3, 0.4) is 0 Å². The smallest absolute Gasteiger partial charge is 0.245 e. The van der Waals surface area contributed by atoms with E-state index in [1.807, 2.05) is 30.1 Å². The molecule has 0 fully saturated rings. The molecule has 1 amide bonds. The first-order valence-electron chi connectivity index (χ1n) is 6.71. The third-order valence-electron chi connectivity index (χ3n) is 3.73. The summed E-state index contributed by atoms with van der Waals surface area (Å²) in [5.74, 6) is 0.759. The molecule has 0 spiro atoms. The minimum absolute atomic E-state index is 0.0866. The van der Waals surface area contributed by atoms with Crippen LogP contribution in [0.4, 0.5) is 5.69 Å². The van der Waals surface area contributed by atoms with Gasteiger partial charge in [-0.25, -0.2) is 0 Å². The second-order valence-electron chi connectivity index (χ2n) is 5.29. The summed E-state index contributed by atoms with van der Waals surface area (Å²) in [6.07, 6.45) is 1.91.